The van der Waals surface area contributed by atoms with Gasteiger partial charge in [-0.3, -0.25) is 4.79 Å². The summed E-state index contributed by atoms with van der Waals surface area (Å²) in [6, 6.07) is 22.0. The number of rotatable bonds is 11. The number of fused-ring (bicyclic) bond motifs is 1. The Balaban J connectivity index is 1.51. The van der Waals surface area contributed by atoms with Crippen LogP contribution in [0.2, 0.25) is 0 Å². The quantitative estimate of drug-likeness (QED) is 0.380. The highest BCUT2D eigenvalue weighted by atomic mass is 16.5. The number of amides is 1. The minimum absolute atomic E-state index is 0.00450. The molecule has 0 atom stereocenters. The van der Waals surface area contributed by atoms with Crippen molar-refractivity contribution in [2.24, 2.45) is 0 Å². The second kappa shape index (κ2) is 11.3. The van der Waals surface area contributed by atoms with Crippen molar-refractivity contribution in [3.05, 3.63) is 77.9 Å². The minimum atomic E-state index is 0.00450. The Morgan fingerprint density at radius 2 is 1.55 bits per heavy atom. The molecule has 0 unspecified atom stereocenters. The van der Waals surface area contributed by atoms with E-state index in [9.17, 15) is 4.79 Å². The van der Waals surface area contributed by atoms with Gasteiger partial charge >= 0.3 is 0 Å². The molecule has 3 nitrogen and oxygen atoms in total. The predicted octanol–water partition coefficient (Wildman–Crippen LogP) is 6.51. The lowest BCUT2D eigenvalue weighted by Crippen LogP contribution is -2.24. The van der Waals surface area contributed by atoms with E-state index < -0.39 is 0 Å². The molecule has 3 heteroatoms. The molecule has 0 radical (unpaired) electrons. The molecular formula is C26H31NO2. The molecule has 0 fully saturated rings. The average molecular weight is 390 g/mol. The topological polar surface area (TPSA) is 38.3 Å². The van der Waals surface area contributed by atoms with Crippen molar-refractivity contribution in [3.8, 4) is 5.75 Å². The molecule has 3 rings (SSSR count). The minimum Gasteiger partial charge on any atom is -0.489 e. The fraction of sp³-hybridized carbons (Fsp3) is 0.346. The van der Waals surface area contributed by atoms with Crippen LogP contribution in [0.5, 0.6) is 5.75 Å². The summed E-state index contributed by atoms with van der Waals surface area (Å²) in [7, 11) is 0. The highest BCUT2D eigenvalue weighted by Gasteiger charge is 2.07. The Morgan fingerprint density at radius 3 is 2.38 bits per heavy atom. The van der Waals surface area contributed by atoms with Crippen LogP contribution < -0.4 is 10.1 Å². The Morgan fingerprint density at radius 1 is 0.828 bits per heavy atom. The van der Waals surface area contributed by atoms with Crippen LogP contribution in [0.1, 0.15) is 61.4 Å². The van der Waals surface area contributed by atoms with E-state index in [1.54, 1.807) is 0 Å². The summed E-state index contributed by atoms with van der Waals surface area (Å²) in [6.45, 7) is 3.52. The summed E-state index contributed by atoms with van der Waals surface area (Å²) in [5.74, 6) is 0.839. The number of unbranched alkanes of at least 4 members (excludes halogenated alkanes) is 5. The van der Waals surface area contributed by atoms with Crippen LogP contribution in [0.25, 0.3) is 10.8 Å². The Bertz CT molecular complexity index is 905. The van der Waals surface area contributed by atoms with Crippen molar-refractivity contribution in [2.45, 2.75) is 52.1 Å². The summed E-state index contributed by atoms with van der Waals surface area (Å²) in [6.07, 6.45) is 7.36. The summed E-state index contributed by atoms with van der Waals surface area (Å²) < 4.78 is 5.90. The van der Waals surface area contributed by atoms with Gasteiger partial charge in [0.05, 0.1) is 0 Å². The van der Waals surface area contributed by atoms with Crippen molar-refractivity contribution in [3.63, 3.8) is 0 Å². The number of ether oxygens (including phenoxy) is 1. The third-order valence-corrected chi connectivity index (χ3v) is 5.14. The Kier molecular flexibility index (Phi) is 8.12. The predicted molar refractivity (Wildman–Crippen MR) is 120 cm³/mol. The van der Waals surface area contributed by atoms with E-state index in [1.165, 1.54) is 32.1 Å². The lowest BCUT2D eigenvalue weighted by molar-refractivity contribution is 0.0953. The first-order valence-electron chi connectivity index (χ1n) is 10.7. The molecule has 0 aromatic heterocycles. The van der Waals surface area contributed by atoms with Gasteiger partial charge in [0.1, 0.15) is 12.4 Å². The van der Waals surface area contributed by atoms with Crippen LogP contribution in [-0.4, -0.2) is 12.5 Å². The largest absolute Gasteiger partial charge is 0.489 e. The van der Waals surface area contributed by atoms with Crippen molar-refractivity contribution >= 4 is 16.7 Å². The van der Waals surface area contributed by atoms with Crippen molar-refractivity contribution < 1.29 is 9.53 Å². The highest BCUT2D eigenvalue weighted by molar-refractivity contribution is 5.98. The molecule has 29 heavy (non-hydrogen) atoms. The molecule has 0 aliphatic heterocycles. The molecule has 0 spiro atoms. The van der Waals surface area contributed by atoms with Gasteiger partial charge in [-0.15, -0.1) is 0 Å². The Hall–Kier alpha value is -2.81. The van der Waals surface area contributed by atoms with Crippen molar-refractivity contribution in [1.82, 2.24) is 5.32 Å². The van der Waals surface area contributed by atoms with Gasteiger partial charge in [-0.25, -0.2) is 0 Å². The van der Waals surface area contributed by atoms with Gasteiger partial charge in [0, 0.05) is 12.1 Å². The normalized spacial score (nSPS) is 10.8. The third kappa shape index (κ3) is 6.63. The molecule has 0 aliphatic carbocycles. The van der Waals surface area contributed by atoms with Gasteiger partial charge in [-0.1, -0.05) is 81.5 Å². The summed E-state index contributed by atoms with van der Waals surface area (Å²) in [5.41, 5.74) is 1.85. The molecule has 1 N–H and O–H groups in total. The number of hydrogen-bond donors (Lipinski definition) is 1. The van der Waals surface area contributed by atoms with Crippen molar-refractivity contribution in [1.29, 1.82) is 0 Å². The first-order valence-corrected chi connectivity index (χ1v) is 10.7. The van der Waals surface area contributed by atoms with Gasteiger partial charge in [-0.05, 0) is 47.0 Å². The number of carbonyl (C=O) groups excluding carboxylic acids is 1. The molecular weight excluding hydrogens is 358 g/mol. The number of carbonyl (C=O) groups is 1. The van der Waals surface area contributed by atoms with E-state index in [4.69, 9.17) is 4.74 Å². The maximum atomic E-state index is 12.4. The SMILES string of the molecule is CCCCCCCCNC(=O)c1ccc2cc(OCc3ccccc3)ccc2c1. The molecule has 0 saturated heterocycles. The molecule has 152 valence electrons. The lowest BCUT2D eigenvalue weighted by Gasteiger charge is -2.09. The van der Waals surface area contributed by atoms with Gasteiger partial charge < -0.3 is 10.1 Å². The summed E-state index contributed by atoms with van der Waals surface area (Å²) >= 11 is 0. The van der Waals surface area contributed by atoms with Gasteiger partial charge in [0.25, 0.3) is 5.91 Å². The standard InChI is InChI=1S/C26H31NO2/c1-2-3-4-5-6-10-17-27-26(28)24-14-13-23-19-25(16-15-22(23)18-24)29-20-21-11-8-7-9-12-21/h7-9,11-16,18-19H,2-6,10,17,20H2,1H3,(H,27,28). The van der Waals surface area contributed by atoms with Gasteiger partial charge in [0.15, 0.2) is 0 Å². The number of nitrogens with one attached hydrogen (secondary N) is 1. The number of hydrogen-bond acceptors (Lipinski definition) is 2. The lowest BCUT2D eigenvalue weighted by atomic mass is 10.1. The molecule has 0 saturated carbocycles. The zero-order valence-corrected chi connectivity index (χ0v) is 17.3. The van der Waals surface area contributed by atoms with Gasteiger partial charge in [-0.2, -0.15) is 0 Å². The van der Waals surface area contributed by atoms with E-state index >= 15 is 0 Å². The first kappa shape index (κ1) is 20.9. The first-order chi connectivity index (χ1) is 14.3. The molecule has 0 heterocycles. The second-order valence-corrected chi connectivity index (χ2v) is 7.52. The molecule has 3 aromatic rings. The molecule has 0 bridgehead atoms. The van der Waals surface area contributed by atoms with Crippen LogP contribution >= 0.6 is 0 Å². The highest BCUT2D eigenvalue weighted by Crippen LogP contribution is 2.23. The van der Waals surface area contributed by atoms with Crippen LogP contribution in [-0.2, 0) is 6.61 Å². The fourth-order valence-corrected chi connectivity index (χ4v) is 3.41. The average Bonchev–Trinajstić information content (AvgIpc) is 2.77. The number of benzene rings is 3. The molecule has 0 aliphatic rings. The van der Waals surface area contributed by atoms with E-state index in [-0.39, 0.29) is 5.91 Å². The zero-order chi connectivity index (χ0) is 20.3. The molecule has 3 aromatic carbocycles. The van der Waals surface area contributed by atoms with Crippen molar-refractivity contribution in [2.75, 3.05) is 6.54 Å². The van der Waals surface area contributed by atoms with Crippen LogP contribution in [0, 0.1) is 0 Å². The van der Waals surface area contributed by atoms with Gasteiger partial charge in [0.2, 0.25) is 0 Å². The maximum Gasteiger partial charge on any atom is 0.251 e. The Labute approximate surface area is 174 Å². The summed E-state index contributed by atoms with van der Waals surface area (Å²) in [4.78, 5) is 12.4. The van der Waals surface area contributed by atoms with E-state index in [0.717, 1.165) is 35.1 Å². The third-order valence-electron chi connectivity index (χ3n) is 5.14. The van der Waals surface area contributed by atoms with E-state index in [0.29, 0.717) is 12.2 Å². The fourth-order valence-electron chi connectivity index (χ4n) is 3.41. The monoisotopic (exact) mass is 389 g/mol. The van der Waals surface area contributed by atoms with Crippen LogP contribution in [0.3, 0.4) is 0 Å². The smallest absolute Gasteiger partial charge is 0.251 e. The second-order valence-electron chi connectivity index (χ2n) is 7.52. The van der Waals surface area contributed by atoms with E-state index in [2.05, 4.69) is 24.4 Å². The maximum absolute atomic E-state index is 12.4. The van der Waals surface area contributed by atoms with Crippen LogP contribution in [0.15, 0.2) is 66.7 Å². The zero-order valence-electron chi connectivity index (χ0n) is 17.3. The van der Waals surface area contributed by atoms with Crippen LogP contribution in [0.4, 0.5) is 0 Å². The van der Waals surface area contributed by atoms with E-state index in [1.807, 2.05) is 54.6 Å². The summed E-state index contributed by atoms with van der Waals surface area (Å²) in [5, 5.41) is 5.16. The molecule has 1 amide bonds.